The van der Waals surface area contributed by atoms with E-state index in [2.05, 4.69) is 20.7 Å². The minimum Gasteiger partial charge on any atom is -0.383 e. The lowest BCUT2D eigenvalue weighted by atomic mass is 10.2. The van der Waals surface area contributed by atoms with E-state index >= 15 is 0 Å². The number of imidazole rings is 1. The van der Waals surface area contributed by atoms with E-state index in [9.17, 15) is 4.79 Å². The van der Waals surface area contributed by atoms with Gasteiger partial charge in [0.2, 0.25) is 5.95 Å². The van der Waals surface area contributed by atoms with Gasteiger partial charge >= 0.3 is 0 Å². The molecule has 138 valence electrons. The molecule has 2 aromatic heterocycles. The van der Waals surface area contributed by atoms with Gasteiger partial charge in [-0.25, -0.2) is 4.98 Å². The second kappa shape index (κ2) is 7.57. The monoisotopic (exact) mass is 356 g/mol. The summed E-state index contributed by atoms with van der Waals surface area (Å²) in [6.45, 7) is 3.65. The Labute approximate surface area is 152 Å². The van der Waals surface area contributed by atoms with Gasteiger partial charge in [-0.2, -0.15) is 5.10 Å². The molecule has 0 atom stereocenters. The summed E-state index contributed by atoms with van der Waals surface area (Å²) in [4.78, 5) is 17.0. The van der Waals surface area contributed by atoms with Crippen molar-refractivity contribution in [2.24, 2.45) is 14.1 Å². The number of hydrogen-bond acceptors (Lipinski definition) is 5. The Balaban J connectivity index is 1.73. The van der Waals surface area contributed by atoms with E-state index < -0.39 is 0 Å². The Morgan fingerprint density at radius 2 is 2.12 bits per heavy atom. The van der Waals surface area contributed by atoms with Gasteiger partial charge in [-0.1, -0.05) is 0 Å². The van der Waals surface area contributed by atoms with Crippen molar-refractivity contribution >= 4 is 22.9 Å². The number of carbonyl (C=O) groups is 1. The number of nitrogens with one attached hydrogen (secondary N) is 2. The first-order valence-corrected chi connectivity index (χ1v) is 8.46. The highest BCUT2D eigenvalue weighted by atomic mass is 16.5. The van der Waals surface area contributed by atoms with Gasteiger partial charge in [-0.15, -0.1) is 0 Å². The van der Waals surface area contributed by atoms with Crippen molar-refractivity contribution in [2.75, 3.05) is 25.6 Å². The number of nitrogens with zero attached hydrogens (tertiary/aromatic N) is 4. The van der Waals surface area contributed by atoms with Gasteiger partial charge in [0.15, 0.2) is 0 Å². The highest BCUT2D eigenvalue weighted by Gasteiger charge is 2.12. The summed E-state index contributed by atoms with van der Waals surface area (Å²) in [6, 6.07) is 5.53. The Morgan fingerprint density at radius 3 is 2.81 bits per heavy atom. The van der Waals surface area contributed by atoms with Gasteiger partial charge in [0.25, 0.3) is 5.91 Å². The van der Waals surface area contributed by atoms with E-state index in [1.165, 1.54) is 0 Å². The van der Waals surface area contributed by atoms with Crippen molar-refractivity contribution in [3.63, 3.8) is 0 Å². The molecule has 0 radical (unpaired) electrons. The lowest BCUT2D eigenvalue weighted by molar-refractivity contribution is 0.0951. The Bertz CT molecular complexity index is 927. The quantitative estimate of drug-likeness (QED) is 0.628. The number of anilines is 1. The number of fused-ring (bicyclic) bond motifs is 1. The van der Waals surface area contributed by atoms with E-state index in [-0.39, 0.29) is 5.91 Å². The van der Waals surface area contributed by atoms with Crippen molar-refractivity contribution in [1.82, 2.24) is 24.6 Å². The first-order valence-electron chi connectivity index (χ1n) is 8.46. The van der Waals surface area contributed by atoms with Crippen molar-refractivity contribution in [1.29, 1.82) is 0 Å². The average Bonchev–Trinajstić information content (AvgIpc) is 3.11. The van der Waals surface area contributed by atoms with E-state index in [1.54, 1.807) is 11.8 Å². The molecule has 0 fully saturated rings. The number of aromatic nitrogens is 4. The number of benzene rings is 1. The Morgan fingerprint density at radius 1 is 1.31 bits per heavy atom. The lowest BCUT2D eigenvalue weighted by Crippen LogP contribution is -2.22. The summed E-state index contributed by atoms with van der Waals surface area (Å²) in [7, 11) is 5.47. The van der Waals surface area contributed by atoms with Crippen molar-refractivity contribution in [3.05, 3.63) is 41.2 Å². The van der Waals surface area contributed by atoms with Gasteiger partial charge in [-0.05, 0) is 25.1 Å². The molecule has 2 N–H and O–H groups in total. The average molecular weight is 356 g/mol. The molecule has 26 heavy (non-hydrogen) atoms. The summed E-state index contributed by atoms with van der Waals surface area (Å²) < 4.78 is 8.75. The number of carbonyl (C=O) groups excluding carboxylic acids is 1. The first-order chi connectivity index (χ1) is 12.5. The fourth-order valence-electron chi connectivity index (χ4n) is 2.86. The highest BCUT2D eigenvalue weighted by molar-refractivity contribution is 5.97. The second-order valence-electron chi connectivity index (χ2n) is 6.21. The highest BCUT2D eigenvalue weighted by Crippen LogP contribution is 2.19. The van der Waals surface area contributed by atoms with Crippen LogP contribution in [0.3, 0.4) is 0 Å². The van der Waals surface area contributed by atoms with Crippen molar-refractivity contribution in [3.8, 4) is 0 Å². The number of amides is 1. The van der Waals surface area contributed by atoms with Crippen LogP contribution in [0, 0.1) is 6.92 Å². The summed E-state index contributed by atoms with van der Waals surface area (Å²) in [5.41, 5.74) is 4.24. The smallest absolute Gasteiger partial charge is 0.251 e. The number of aryl methyl sites for hydroxylation is 3. The maximum absolute atomic E-state index is 12.5. The van der Waals surface area contributed by atoms with Crippen molar-refractivity contribution < 1.29 is 9.53 Å². The summed E-state index contributed by atoms with van der Waals surface area (Å²) in [6.07, 6.45) is 1.91. The predicted octanol–water partition coefficient (Wildman–Crippen LogP) is 1.60. The molecule has 0 bridgehead atoms. The van der Waals surface area contributed by atoms with Gasteiger partial charge in [-0.3, -0.25) is 9.48 Å². The minimum atomic E-state index is -0.130. The molecule has 8 heteroatoms. The van der Waals surface area contributed by atoms with Crippen LogP contribution in [-0.2, 0) is 25.4 Å². The van der Waals surface area contributed by atoms with Gasteiger partial charge in [0.05, 0.1) is 23.3 Å². The Kier molecular flexibility index (Phi) is 5.22. The third-order valence-corrected chi connectivity index (χ3v) is 4.29. The van der Waals surface area contributed by atoms with Gasteiger partial charge in [0.1, 0.15) is 0 Å². The predicted molar refractivity (Wildman–Crippen MR) is 100 cm³/mol. The molecule has 1 aromatic carbocycles. The van der Waals surface area contributed by atoms with E-state index in [4.69, 9.17) is 4.74 Å². The van der Waals surface area contributed by atoms with Crippen LogP contribution < -0.4 is 10.6 Å². The van der Waals surface area contributed by atoms with E-state index in [0.717, 1.165) is 28.2 Å². The van der Waals surface area contributed by atoms with Crippen LogP contribution in [0.15, 0.2) is 24.4 Å². The SMILES string of the molecule is COCCNc1nc2cc(C(=O)NCc3cn(C)nc3C)ccc2n1C. The number of rotatable bonds is 7. The molecule has 0 spiro atoms. The third kappa shape index (κ3) is 3.70. The number of ether oxygens (including phenoxy) is 1. The third-order valence-electron chi connectivity index (χ3n) is 4.29. The fraction of sp³-hybridized carbons (Fsp3) is 0.389. The van der Waals surface area contributed by atoms with Gasteiger partial charge < -0.3 is 19.9 Å². The number of methoxy groups -OCH3 is 1. The van der Waals surface area contributed by atoms with E-state index in [1.807, 2.05) is 50.0 Å². The van der Waals surface area contributed by atoms with Crippen LogP contribution in [0.1, 0.15) is 21.6 Å². The van der Waals surface area contributed by atoms with Crippen LogP contribution in [0.2, 0.25) is 0 Å². The Hall–Kier alpha value is -2.87. The largest absolute Gasteiger partial charge is 0.383 e. The summed E-state index contributed by atoms with van der Waals surface area (Å²) >= 11 is 0. The van der Waals surface area contributed by atoms with Crippen LogP contribution >= 0.6 is 0 Å². The zero-order chi connectivity index (χ0) is 18.7. The lowest BCUT2D eigenvalue weighted by Gasteiger charge is -2.05. The molecule has 0 aliphatic carbocycles. The van der Waals surface area contributed by atoms with E-state index in [0.29, 0.717) is 25.3 Å². The summed E-state index contributed by atoms with van der Waals surface area (Å²) in [5.74, 6) is 0.621. The molecule has 8 nitrogen and oxygen atoms in total. The normalized spacial score (nSPS) is 11.1. The molecule has 3 rings (SSSR count). The molecule has 0 aliphatic rings. The molecular formula is C18H24N6O2. The molecule has 3 aromatic rings. The molecule has 2 heterocycles. The molecular weight excluding hydrogens is 332 g/mol. The maximum atomic E-state index is 12.5. The first kappa shape index (κ1) is 17.9. The molecule has 1 amide bonds. The summed E-state index contributed by atoms with van der Waals surface area (Å²) in [5, 5.41) is 10.4. The molecule has 0 unspecified atom stereocenters. The maximum Gasteiger partial charge on any atom is 0.251 e. The van der Waals surface area contributed by atoms with Crippen LogP contribution in [0.4, 0.5) is 5.95 Å². The van der Waals surface area contributed by atoms with Crippen molar-refractivity contribution in [2.45, 2.75) is 13.5 Å². The fourth-order valence-corrected chi connectivity index (χ4v) is 2.86. The van der Waals surface area contributed by atoms with Crippen LogP contribution in [0.5, 0.6) is 0 Å². The minimum absolute atomic E-state index is 0.130. The molecule has 0 saturated carbocycles. The topological polar surface area (TPSA) is 86.0 Å². The zero-order valence-corrected chi connectivity index (χ0v) is 15.5. The van der Waals surface area contributed by atoms with Crippen LogP contribution in [0.25, 0.3) is 11.0 Å². The number of hydrogen-bond donors (Lipinski definition) is 2. The molecule has 0 saturated heterocycles. The zero-order valence-electron chi connectivity index (χ0n) is 15.5. The standard InChI is InChI=1S/C18H24N6O2/c1-12-14(11-23(2)22-12)10-20-17(25)13-5-6-16-15(9-13)21-18(24(16)3)19-7-8-26-4/h5-6,9,11H,7-8,10H2,1-4H3,(H,19,21)(H,20,25). The van der Waals surface area contributed by atoms with Gasteiger partial charge in [0, 0.05) is 51.6 Å². The second-order valence-corrected chi connectivity index (χ2v) is 6.21. The van der Waals surface area contributed by atoms with Crippen LogP contribution in [-0.4, -0.2) is 45.5 Å². The molecule has 0 aliphatic heterocycles.